The molecular weight excluding hydrogens is 256 g/mol. The van der Waals surface area contributed by atoms with Crippen LogP contribution in [0.25, 0.3) is 0 Å². The Morgan fingerprint density at radius 1 is 1.35 bits per heavy atom. The Balaban J connectivity index is 3.00. The van der Waals surface area contributed by atoms with Gasteiger partial charge in [-0.25, -0.2) is 0 Å². The van der Waals surface area contributed by atoms with Crippen LogP contribution in [0.2, 0.25) is 0 Å². The molecule has 1 unspecified atom stereocenters. The van der Waals surface area contributed by atoms with Gasteiger partial charge < -0.3 is 16.2 Å². The number of primary amides is 1. The van der Waals surface area contributed by atoms with E-state index in [0.717, 1.165) is 0 Å². The molecule has 0 spiro atoms. The van der Waals surface area contributed by atoms with E-state index in [1.165, 1.54) is 0 Å². The lowest BCUT2D eigenvalue weighted by atomic mass is 10.0. The average molecular weight is 274 g/mol. The zero-order valence-corrected chi connectivity index (χ0v) is 11.5. The standard InChI is InChI=1S/C15H18N2O3/c1-10(2)13(14(16)19)17-15(20)12-8-4-3-6-11(12)7-5-9-18/h3-4,6,8,10,13,18H,9H2,1-2H3,(H2,16,19)(H,17,20). The number of carbonyl (C=O) groups excluding carboxylic acids is 2. The SMILES string of the molecule is CC(C)C(NC(=O)c1ccccc1C#CCO)C(N)=O. The first kappa shape index (κ1) is 15.7. The predicted molar refractivity (Wildman–Crippen MR) is 75.7 cm³/mol. The minimum atomic E-state index is -0.735. The molecule has 0 aromatic heterocycles. The van der Waals surface area contributed by atoms with Crippen molar-refractivity contribution in [1.82, 2.24) is 5.32 Å². The second-order valence-electron chi connectivity index (χ2n) is 4.60. The number of carbonyl (C=O) groups is 2. The van der Waals surface area contributed by atoms with Crippen molar-refractivity contribution in [1.29, 1.82) is 0 Å². The lowest BCUT2D eigenvalue weighted by molar-refractivity contribution is -0.120. The van der Waals surface area contributed by atoms with E-state index in [4.69, 9.17) is 10.8 Å². The van der Waals surface area contributed by atoms with E-state index < -0.39 is 17.9 Å². The van der Waals surface area contributed by atoms with Gasteiger partial charge in [-0.1, -0.05) is 37.8 Å². The molecule has 20 heavy (non-hydrogen) atoms. The number of amides is 2. The Bertz CT molecular complexity index is 556. The van der Waals surface area contributed by atoms with Crippen molar-refractivity contribution in [3.8, 4) is 11.8 Å². The van der Waals surface area contributed by atoms with Crippen molar-refractivity contribution in [3.63, 3.8) is 0 Å². The molecule has 4 N–H and O–H groups in total. The molecule has 0 saturated carbocycles. The highest BCUT2D eigenvalue weighted by atomic mass is 16.2. The molecule has 0 saturated heterocycles. The summed E-state index contributed by atoms with van der Waals surface area (Å²) < 4.78 is 0. The third-order valence-electron chi connectivity index (χ3n) is 2.73. The number of aliphatic hydroxyl groups excluding tert-OH is 1. The van der Waals surface area contributed by atoms with Crippen LogP contribution in [0.5, 0.6) is 0 Å². The van der Waals surface area contributed by atoms with Crippen LogP contribution in [0, 0.1) is 17.8 Å². The summed E-state index contributed by atoms with van der Waals surface area (Å²) in [4.78, 5) is 23.5. The summed E-state index contributed by atoms with van der Waals surface area (Å²) in [5, 5.41) is 11.3. The number of hydrogen-bond acceptors (Lipinski definition) is 3. The summed E-state index contributed by atoms with van der Waals surface area (Å²) in [5.74, 6) is 4.10. The largest absolute Gasteiger partial charge is 0.384 e. The summed E-state index contributed by atoms with van der Waals surface area (Å²) >= 11 is 0. The summed E-state index contributed by atoms with van der Waals surface area (Å²) in [6, 6.07) is 5.99. The smallest absolute Gasteiger partial charge is 0.253 e. The van der Waals surface area contributed by atoms with Gasteiger partial charge in [-0.3, -0.25) is 9.59 Å². The molecule has 1 aromatic rings. The first-order chi connectivity index (χ1) is 9.47. The van der Waals surface area contributed by atoms with Gasteiger partial charge in [0.1, 0.15) is 12.6 Å². The van der Waals surface area contributed by atoms with Crippen LogP contribution in [-0.4, -0.2) is 29.6 Å². The van der Waals surface area contributed by atoms with Gasteiger partial charge in [0.2, 0.25) is 5.91 Å². The van der Waals surface area contributed by atoms with Crippen LogP contribution in [0.1, 0.15) is 29.8 Å². The van der Waals surface area contributed by atoms with Crippen LogP contribution in [0.3, 0.4) is 0 Å². The molecular formula is C15H18N2O3. The maximum Gasteiger partial charge on any atom is 0.253 e. The molecule has 2 amide bonds. The Morgan fingerprint density at radius 3 is 2.55 bits per heavy atom. The summed E-state index contributed by atoms with van der Waals surface area (Å²) in [5.41, 5.74) is 6.11. The van der Waals surface area contributed by atoms with Gasteiger partial charge in [-0.05, 0) is 18.1 Å². The Morgan fingerprint density at radius 2 is 2.00 bits per heavy atom. The van der Waals surface area contributed by atoms with Gasteiger partial charge in [0.05, 0.1) is 5.56 Å². The number of benzene rings is 1. The highest BCUT2D eigenvalue weighted by molar-refractivity contribution is 5.99. The topological polar surface area (TPSA) is 92.4 Å². The van der Waals surface area contributed by atoms with E-state index in [-0.39, 0.29) is 12.5 Å². The highest BCUT2D eigenvalue weighted by Crippen LogP contribution is 2.09. The van der Waals surface area contributed by atoms with E-state index >= 15 is 0 Å². The molecule has 0 fully saturated rings. The third kappa shape index (κ3) is 4.11. The normalized spacial score (nSPS) is 11.4. The van der Waals surface area contributed by atoms with Crippen LogP contribution < -0.4 is 11.1 Å². The quantitative estimate of drug-likeness (QED) is 0.688. The van der Waals surface area contributed by atoms with E-state index in [0.29, 0.717) is 11.1 Å². The fourth-order valence-electron chi connectivity index (χ4n) is 1.71. The Kier molecular flexibility index (Phi) is 5.75. The van der Waals surface area contributed by atoms with Crippen molar-refractivity contribution in [2.45, 2.75) is 19.9 Å². The van der Waals surface area contributed by atoms with Crippen molar-refractivity contribution in [3.05, 3.63) is 35.4 Å². The highest BCUT2D eigenvalue weighted by Gasteiger charge is 2.22. The zero-order valence-electron chi connectivity index (χ0n) is 11.5. The van der Waals surface area contributed by atoms with E-state index in [2.05, 4.69) is 17.2 Å². The molecule has 1 aromatic carbocycles. The van der Waals surface area contributed by atoms with Crippen molar-refractivity contribution in [2.75, 3.05) is 6.61 Å². The number of hydrogen-bond donors (Lipinski definition) is 3. The van der Waals surface area contributed by atoms with Gasteiger partial charge in [-0.15, -0.1) is 0 Å². The van der Waals surface area contributed by atoms with Crippen molar-refractivity contribution >= 4 is 11.8 Å². The summed E-state index contributed by atoms with van der Waals surface area (Å²) in [6.45, 7) is 3.31. The third-order valence-corrected chi connectivity index (χ3v) is 2.73. The van der Waals surface area contributed by atoms with E-state index in [9.17, 15) is 9.59 Å². The second-order valence-corrected chi connectivity index (χ2v) is 4.60. The van der Waals surface area contributed by atoms with Crippen molar-refractivity contribution in [2.24, 2.45) is 11.7 Å². The van der Waals surface area contributed by atoms with Gasteiger partial charge in [-0.2, -0.15) is 0 Å². The second kappa shape index (κ2) is 7.31. The minimum Gasteiger partial charge on any atom is -0.384 e. The molecule has 1 atom stereocenters. The molecule has 0 aliphatic carbocycles. The first-order valence-corrected chi connectivity index (χ1v) is 6.26. The minimum absolute atomic E-state index is 0.105. The zero-order chi connectivity index (χ0) is 15.1. The molecule has 0 aliphatic heterocycles. The van der Waals surface area contributed by atoms with Crippen LogP contribution in [0.15, 0.2) is 24.3 Å². The van der Waals surface area contributed by atoms with Crippen LogP contribution in [0.4, 0.5) is 0 Å². The lowest BCUT2D eigenvalue weighted by Crippen LogP contribution is -2.47. The van der Waals surface area contributed by atoms with Crippen LogP contribution in [-0.2, 0) is 4.79 Å². The maximum absolute atomic E-state index is 12.2. The van der Waals surface area contributed by atoms with Crippen LogP contribution >= 0.6 is 0 Å². The predicted octanol–water partition coefficient (Wildman–Crippen LogP) is 0.270. The Hall–Kier alpha value is -2.32. The molecule has 0 heterocycles. The van der Waals surface area contributed by atoms with E-state index in [1.807, 2.05) is 0 Å². The summed E-state index contributed by atoms with van der Waals surface area (Å²) in [7, 11) is 0. The number of nitrogens with two attached hydrogens (primary N) is 1. The lowest BCUT2D eigenvalue weighted by Gasteiger charge is -2.19. The van der Waals surface area contributed by atoms with Gasteiger partial charge in [0.25, 0.3) is 5.91 Å². The monoisotopic (exact) mass is 274 g/mol. The van der Waals surface area contributed by atoms with Gasteiger partial charge in [0, 0.05) is 5.56 Å². The average Bonchev–Trinajstić information content (AvgIpc) is 2.41. The molecule has 0 bridgehead atoms. The van der Waals surface area contributed by atoms with E-state index in [1.54, 1.807) is 38.1 Å². The van der Waals surface area contributed by atoms with Gasteiger partial charge in [0.15, 0.2) is 0 Å². The fourth-order valence-corrected chi connectivity index (χ4v) is 1.71. The number of nitrogens with one attached hydrogen (secondary N) is 1. The molecule has 0 radical (unpaired) electrons. The molecule has 5 nitrogen and oxygen atoms in total. The molecule has 106 valence electrons. The number of aliphatic hydroxyl groups is 1. The van der Waals surface area contributed by atoms with Gasteiger partial charge >= 0.3 is 0 Å². The molecule has 5 heteroatoms. The summed E-state index contributed by atoms with van der Waals surface area (Å²) in [6.07, 6.45) is 0. The molecule has 0 aliphatic rings. The van der Waals surface area contributed by atoms with Crippen molar-refractivity contribution < 1.29 is 14.7 Å². The fraction of sp³-hybridized carbons (Fsp3) is 0.333. The maximum atomic E-state index is 12.2. The number of rotatable bonds is 4. The Labute approximate surface area is 118 Å². The first-order valence-electron chi connectivity index (χ1n) is 6.26. The molecule has 1 rings (SSSR count).